The Hall–Kier alpha value is -4.36. The summed E-state index contributed by atoms with van der Waals surface area (Å²) in [6, 6.07) is 42.5. The molecule has 0 aliphatic heterocycles. The van der Waals surface area contributed by atoms with Crippen molar-refractivity contribution in [2.24, 2.45) is 0 Å². The van der Waals surface area contributed by atoms with Crippen LogP contribution in [0.1, 0.15) is 43.2 Å². The van der Waals surface area contributed by atoms with Gasteiger partial charge in [0.1, 0.15) is 0 Å². The lowest BCUT2D eigenvalue weighted by atomic mass is 9.93. The van der Waals surface area contributed by atoms with Gasteiger partial charge < -0.3 is 4.90 Å². The van der Waals surface area contributed by atoms with Crippen LogP contribution in [0.15, 0.2) is 121 Å². The Morgan fingerprint density at radius 3 is 1.56 bits per heavy atom. The molecule has 0 radical (unpaired) electrons. The Kier molecular flexibility index (Phi) is 6.13. The number of rotatable bonds is 4. The molecule has 0 heterocycles. The predicted octanol–water partition coefficient (Wildman–Crippen LogP) is 11.3. The molecule has 39 heavy (non-hydrogen) atoms. The topological polar surface area (TPSA) is 3.24 Å². The van der Waals surface area contributed by atoms with Crippen LogP contribution < -0.4 is 4.90 Å². The van der Waals surface area contributed by atoms with E-state index in [4.69, 9.17) is 0 Å². The van der Waals surface area contributed by atoms with Gasteiger partial charge in [-0.05, 0) is 107 Å². The number of allylic oxidation sites excluding steroid dienone is 1. The highest BCUT2D eigenvalue weighted by Crippen LogP contribution is 2.41. The molecule has 1 saturated carbocycles. The molecule has 0 aromatic heterocycles. The summed E-state index contributed by atoms with van der Waals surface area (Å²) < 4.78 is 0. The molecule has 1 aliphatic rings. The average Bonchev–Trinajstić information content (AvgIpc) is 3.00. The van der Waals surface area contributed by atoms with Gasteiger partial charge >= 0.3 is 0 Å². The Morgan fingerprint density at radius 1 is 0.487 bits per heavy atom. The van der Waals surface area contributed by atoms with E-state index < -0.39 is 0 Å². The van der Waals surface area contributed by atoms with Gasteiger partial charge in [-0.1, -0.05) is 102 Å². The molecule has 0 atom stereocenters. The van der Waals surface area contributed by atoms with Crippen molar-refractivity contribution in [3.05, 3.63) is 132 Å². The molecule has 1 heteroatoms. The van der Waals surface area contributed by atoms with Gasteiger partial charge in [0.15, 0.2) is 0 Å². The fraction of sp³-hybridized carbons (Fsp3) is 0.158. The highest BCUT2D eigenvalue weighted by Gasteiger charge is 2.15. The molecule has 6 aromatic rings. The first kappa shape index (κ1) is 23.7. The monoisotopic (exact) mass is 503 g/mol. The fourth-order valence-corrected chi connectivity index (χ4v) is 6.28. The van der Waals surface area contributed by atoms with Crippen molar-refractivity contribution in [3.8, 4) is 0 Å². The molecule has 0 amide bonds. The number of aryl methyl sites for hydroxylation is 1. The molecule has 0 spiro atoms. The van der Waals surface area contributed by atoms with E-state index in [0.29, 0.717) is 0 Å². The van der Waals surface area contributed by atoms with E-state index >= 15 is 0 Å². The van der Waals surface area contributed by atoms with Crippen molar-refractivity contribution in [1.82, 2.24) is 0 Å². The zero-order valence-corrected chi connectivity index (χ0v) is 22.5. The highest BCUT2D eigenvalue weighted by atomic mass is 15.1. The Bertz CT molecular complexity index is 1780. The summed E-state index contributed by atoms with van der Waals surface area (Å²) in [5.41, 5.74) is 7.68. The van der Waals surface area contributed by atoms with Gasteiger partial charge in [-0.2, -0.15) is 0 Å². The zero-order chi connectivity index (χ0) is 26.2. The molecule has 1 fully saturated rings. The number of nitrogens with zero attached hydrogens (tertiary/aromatic N) is 1. The van der Waals surface area contributed by atoms with Gasteiger partial charge in [-0.15, -0.1) is 0 Å². The minimum absolute atomic E-state index is 1.17. The van der Waals surface area contributed by atoms with Crippen LogP contribution in [-0.4, -0.2) is 0 Å². The van der Waals surface area contributed by atoms with E-state index in [9.17, 15) is 0 Å². The molecule has 0 unspecified atom stereocenters. The number of hydrogen-bond acceptors (Lipinski definition) is 1. The van der Waals surface area contributed by atoms with E-state index in [1.807, 2.05) is 0 Å². The Labute approximate surface area is 231 Å². The molecule has 6 aromatic carbocycles. The van der Waals surface area contributed by atoms with Crippen molar-refractivity contribution in [2.45, 2.75) is 39.0 Å². The van der Waals surface area contributed by atoms with E-state index in [-0.39, 0.29) is 0 Å². The van der Waals surface area contributed by atoms with Crippen molar-refractivity contribution in [1.29, 1.82) is 0 Å². The third-order valence-electron chi connectivity index (χ3n) is 8.30. The van der Waals surface area contributed by atoms with Crippen LogP contribution in [0.3, 0.4) is 0 Å². The maximum atomic E-state index is 2.41. The quantitative estimate of drug-likeness (QED) is 0.216. The molecule has 190 valence electrons. The second kappa shape index (κ2) is 10.1. The number of benzene rings is 6. The van der Waals surface area contributed by atoms with Gasteiger partial charge in [0.25, 0.3) is 0 Å². The molecule has 1 nitrogen and oxygen atoms in total. The van der Waals surface area contributed by atoms with Gasteiger partial charge in [0.05, 0.1) is 0 Å². The lowest BCUT2D eigenvalue weighted by molar-refractivity contribution is 0.602. The van der Waals surface area contributed by atoms with Crippen LogP contribution in [0.4, 0.5) is 17.1 Å². The Balaban J connectivity index is 1.39. The van der Waals surface area contributed by atoms with E-state index in [2.05, 4.69) is 133 Å². The standard InChI is InChI=1S/C38H33N/c1-27-15-19-30(20-16-27)39(31-21-17-29(18-22-31)25-28-9-3-2-4-10-28)32-23-24-37-35-13-6-5-11-33(35)34-12-7-8-14-36(34)38(37)26-32/h5-8,11-26H,2-4,9-10H2,1H3. The zero-order valence-electron chi connectivity index (χ0n) is 22.5. The highest BCUT2D eigenvalue weighted by molar-refractivity contribution is 6.25. The van der Waals surface area contributed by atoms with E-state index in [1.165, 1.54) is 92.6 Å². The molecule has 7 rings (SSSR count). The third-order valence-corrected chi connectivity index (χ3v) is 8.30. The van der Waals surface area contributed by atoms with E-state index in [1.54, 1.807) is 5.57 Å². The van der Waals surface area contributed by atoms with Crippen molar-refractivity contribution in [2.75, 3.05) is 4.90 Å². The molecule has 1 aliphatic carbocycles. The summed E-state index contributed by atoms with van der Waals surface area (Å²) in [5.74, 6) is 0. The van der Waals surface area contributed by atoms with Gasteiger partial charge in [0, 0.05) is 17.1 Å². The summed E-state index contributed by atoms with van der Waals surface area (Å²) in [6.45, 7) is 2.15. The summed E-state index contributed by atoms with van der Waals surface area (Å²) >= 11 is 0. The lowest BCUT2D eigenvalue weighted by Gasteiger charge is -2.26. The minimum atomic E-state index is 1.17. The first-order valence-corrected chi connectivity index (χ1v) is 14.2. The SMILES string of the molecule is Cc1ccc(N(c2ccc(C=C3CCCCC3)cc2)c2ccc3c4ccccc4c4ccccc4c3c2)cc1. The van der Waals surface area contributed by atoms with Crippen molar-refractivity contribution in [3.63, 3.8) is 0 Å². The maximum Gasteiger partial charge on any atom is 0.0468 e. The lowest BCUT2D eigenvalue weighted by Crippen LogP contribution is -2.10. The van der Waals surface area contributed by atoms with Crippen molar-refractivity contribution >= 4 is 55.5 Å². The number of anilines is 3. The normalized spacial score (nSPS) is 13.7. The minimum Gasteiger partial charge on any atom is -0.310 e. The van der Waals surface area contributed by atoms with Crippen LogP contribution in [0.2, 0.25) is 0 Å². The number of fused-ring (bicyclic) bond motifs is 6. The smallest absolute Gasteiger partial charge is 0.0468 e. The first-order chi connectivity index (χ1) is 19.2. The van der Waals surface area contributed by atoms with Crippen molar-refractivity contribution < 1.29 is 0 Å². The molecule has 0 bridgehead atoms. The third kappa shape index (κ3) is 4.49. The molecule has 0 saturated heterocycles. The van der Waals surface area contributed by atoms with Crippen LogP contribution in [0, 0.1) is 6.92 Å². The molecular formula is C38H33N. The van der Waals surface area contributed by atoms with Crippen LogP contribution >= 0.6 is 0 Å². The fourth-order valence-electron chi connectivity index (χ4n) is 6.28. The van der Waals surface area contributed by atoms with Gasteiger partial charge in [-0.25, -0.2) is 0 Å². The second-order valence-corrected chi connectivity index (χ2v) is 10.9. The van der Waals surface area contributed by atoms with Crippen LogP contribution in [0.5, 0.6) is 0 Å². The largest absolute Gasteiger partial charge is 0.310 e. The summed E-state index contributed by atoms with van der Waals surface area (Å²) in [4.78, 5) is 2.39. The number of hydrogen-bond donors (Lipinski definition) is 0. The Morgan fingerprint density at radius 2 is 0.974 bits per heavy atom. The predicted molar refractivity (Wildman–Crippen MR) is 169 cm³/mol. The summed E-state index contributed by atoms with van der Waals surface area (Å²) in [6.07, 6.45) is 8.94. The first-order valence-electron chi connectivity index (χ1n) is 14.2. The van der Waals surface area contributed by atoms with Gasteiger partial charge in [0.2, 0.25) is 0 Å². The molecule has 0 N–H and O–H groups in total. The maximum absolute atomic E-state index is 2.41. The average molecular weight is 504 g/mol. The van der Waals surface area contributed by atoms with Gasteiger partial charge in [-0.3, -0.25) is 0 Å². The molecular weight excluding hydrogens is 470 g/mol. The van der Waals surface area contributed by atoms with Crippen LogP contribution in [0.25, 0.3) is 38.4 Å². The summed E-state index contributed by atoms with van der Waals surface area (Å²) in [7, 11) is 0. The summed E-state index contributed by atoms with van der Waals surface area (Å²) in [5, 5.41) is 7.81. The second-order valence-electron chi connectivity index (χ2n) is 10.9. The van der Waals surface area contributed by atoms with Crippen LogP contribution in [-0.2, 0) is 0 Å². The van der Waals surface area contributed by atoms with E-state index in [0.717, 1.165) is 0 Å².